The summed E-state index contributed by atoms with van der Waals surface area (Å²) in [5, 5.41) is 8.85. The molecule has 0 saturated carbocycles. The van der Waals surface area contributed by atoms with Crippen LogP contribution in [-0.2, 0) is 9.53 Å². The molecule has 0 heterocycles. The molecule has 3 nitrogen and oxygen atoms in total. The number of nitriles is 1. The summed E-state index contributed by atoms with van der Waals surface area (Å²) in [4.78, 5) is 11.6. The summed E-state index contributed by atoms with van der Waals surface area (Å²) in [7, 11) is 1.38. The van der Waals surface area contributed by atoms with Crippen molar-refractivity contribution in [3.8, 4) is 6.07 Å². The summed E-state index contributed by atoms with van der Waals surface area (Å²) in [6.45, 7) is 5.82. The Morgan fingerprint density at radius 1 is 1.56 bits per heavy atom. The van der Waals surface area contributed by atoms with Crippen molar-refractivity contribution < 1.29 is 9.53 Å². The average Bonchev–Trinajstić information content (AvgIpc) is 2.26. The zero-order valence-electron chi connectivity index (χ0n) is 10.3. The number of hydrogen-bond donors (Lipinski definition) is 0. The molecule has 86 valence electrons. The lowest BCUT2D eigenvalue weighted by Crippen LogP contribution is -2.25. The zero-order chi connectivity index (χ0) is 12.3. The van der Waals surface area contributed by atoms with Crippen molar-refractivity contribution in [1.82, 2.24) is 0 Å². The van der Waals surface area contributed by atoms with Crippen LogP contribution in [0, 0.1) is 16.7 Å². The van der Waals surface area contributed by atoms with Gasteiger partial charge in [0.25, 0.3) is 0 Å². The summed E-state index contributed by atoms with van der Waals surface area (Å²) in [6.07, 6.45) is 3.52. The number of hydrogen-bond acceptors (Lipinski definition) is 3. The van der Waals surface area contributed by atoms with Gasteiger partial charge in [0, 0.05) is 11.1 Å². The number of carbonyl (C=O) groups excluding carboxylic acids is 1. The number of nitrogens with zero attached hydrogens (tertiary/aromatic N) is 1. The van der Waals surface area contributed by atoms with E-state index in [1.165, 1.54) is 7.11 Å². The van der Waals surface area contributed by atoms with Gasteiger partial charge >= 0.3 is 5.97 Å². The van der Waals surface area contributed by atoms with Gasteiger partial charge in [0.05, 0.1) is 13.2 Å². The van der Waals surface area contributed by atoms with Gasteiger partial charge in [-0.15, -0.1) is 0 Å². The van der Waals surface area contributed by atoms with Crippen molar-refractivity contribution in [2.45, 2.75) is 33.6 Å². The van der Waals surface area contributed by atoms with Crippen molar-refractivity contribution in [3.05, 3.63) is 22.8 Å². The van der Waals surface area contributed by atoms with E-state index in [1.54, 1.807) is 6.92 Å². The Labute approximate surface area is 96.4 Å². The minimum absolute atomic E-state index is 0.174. The quantitative estimate of drug-likeness (QED) is 0.503. The molecule has 0 spiro atoms. The molecule has 0 aromatic rings. The second-order valence-electron chi connectivity index (χ2n) is 4.70. The predicted octanol–water partition coefficient (Wildman–Crippen LogP) is 2.75. The largest absolute Gasteiger partial charge is 0.466 e. The predicted molar refractivity (Wildman–Crippen MR) is 61.4 cm³/mol. The van der Waals surface area contributed by atoms with Crippen LogP contribution in [0.1, 0.15) is 33.6 Å². The summed E-state index contributed by atoms with van der Waals surface area (Å²) in [5.74, 6) is -0.298. The van der Waals surface area contributed by atoms with Crippen LogP contribution in [0.3, 0.4) is 0 Å². The monoisotopic (exact) mass is 219 g/mol. The Morgan fingerprint density at radius 3 is 2.69 bits per heavy atom. The van der Waals surface area contributed by atoms with Crippen LogP contribution in [-0.4, -0.2) is 13.1 Å². The van der Waals surface area contributed by atoms with Gasteiger partial charge < -0.3 is 4.74 Å². The van der Waals surface area contributed by atoms with Gasteiger partial charge in [0.2, 0.25) is 0 Å². The second kappa shape index (κ2) is 4.52. The maximum atomic E-state index is 11.6. The second-order valence-corrected chi connectivity index (χ2v) is 4.70. The molecule has 0 N–H and O–H groups in total. The van der Waals surface area contributed by atoms with E-state index in [0.717, 1.165) is 18.4 Å². The van der Waals surface area contributed by atoms with E-state index in [2.05, 4.69) is 6.07 Å². The topological polar surface area (TPSA) is 50.1 Å². The Hall–Kier alpha value is -1.56. The van der Waals surface area contributed by atoms with Crippen molar-refractivity contribution >= 4 is 5.97 Å². The SMILES string of the molecule is COC(=O)C1=CC(=C(C)C#N)CCC1(C)C. The summed E-state index contributed by atoms with van der Waals surface area (Å²) >= 11 is 0. The van der Waals surface area contributed by atoms with Crippen molar-refractivity contribution in [2.24, 2.45) is 5.41 Å². The van der Waals surface area contributed by atoms with Crippen LogP contribution < -0.4 is 0 Å². The standard InChI is InChI=1S/C13H17NO2/c1-9(8-14)10-5-6-13(2,3)11(7-10)12(15)16-4/h7H,5-6H2,1-4H3. The number of ether oxygens (including phenoxy) is 1. The van der Waals surface area contributed by atoms with Crippen molar-refractivity contribution in [2.75, 3.05) is 7.11 Å². The van der Waals surface area contributed by atoms with Gasteiger partial charge in [-0.3, -0.25) is 0 Å². The summed E-state index contributed by atoms with van der Waals surface area (Å²) < 4.78 is 4.77. The molecule has 0 unspecified atom stereocenters. The van der Waals surface area contributed by atoms with E-state index in [4.69, 9.17) is 10.00 Å². The molecular weight excluding hydrogens is 202 g/mol. The molecule has 0 amide bonds. The maximum absolute atomic E-state index is 11.6. The highest BCUT2D eigenvalue weighted by Gasteiger charge is 2.32. The third-order valence-corrected chi connectivity index (χ3v) is 3.12. The molecule has 0 saturated heterocycles. The lowest BCUT2D eigenvalue weighted by Gasteiger charge is -2.31. The molecule has 0 radical (unpaired) electrons. The first kappa shape index (κ1) is 12.5. The van der Waals surface area contributed by atoms with Crippen molar-refractivity contribution in [1.29, 1.82) is 5.26 Å². The van der Waals surface area contributed by atoms with Crippen LogP contribution in [0.15, 0.2) is 22.8 Å². The fraction of sp³-hybridized carbons (Fsp3) is 0.538. The molecule has 16 heavy (non-hydrogen) atoms. The Balaban J connectivity index is 3.22. The molecule has 3 heteroatoms. The number of esters is 1. The van der Waals surface area contributed by atoms with E-state index < -0.39 is 0 Å². The Morgan fingerprint density at radius 2 is 2.19 bits per heavy atom. The Kier molecular flexibility index (Phi) is 3.54. The van der Waals surface area contributed by atoms with Crippen LogP contribution in [0.5, 0.6) is 0 Å². The van der Waals surface area contributed by atoms with Gasteiger partial charge in [-0.05, 0) is 36.8 Å². The highest BCUT2D eigenvalue weighted by atomic mass is 16.5. The first-order chi connectivity index (χ1) is 7.42. The fourth-order valence-electron chi connectivity index (χ4n) is 1.84. The van der Waals surface area contributed by atoms with Gasteiger partial charge in [-0.2, -0.15) is 5.26 Å². The highest BCUT2D eigenvalue weighted by Crippen LogP contribution is 2.39. The van der Waals surface area contributed by atoms with Gasteiger partial charge in [-0.1, -0.05) is 13.8 Å². The molecule has 0 bridgehead atoms. The number of methoxy groups -OCH3 is 1. The minimum atomic E-state index is -0.298. The molecule has 1 aliphatic rings. The molecule has 0 fully saturated rings. The van der Waals surface area contributed by atoms with Gasteiger partial charge in [0.15, 0.2) is 0 Å². The van der Waals surface area contributed by atoms with Gasteiger partial charge in [-0.25, -0.2) is 4.79 Å². The third kappa shape index (κ3) is 2.33. The van der Waals surface area contributed by atoms with Gasteiger partial charge in [0.1, 0.15) is 0 Å². The summed E-state index contributed by atoms with van der Waals surface area (Å²) in [6, 6.07) is 2.12. The first-order valence-corrected chi connectivity index (χ1v) is 5.32. The Bertz CT molecular complexity index is 408. The zero-order valence-corrected chi connectivity index (χ0v) is 10.3. The van der Waals surface area contributed by atoms with E-state index in [1.807, 2.05) is 19.9 Å². The first-order valence-electron chi connectivity index (χ1n) is 5.32. The highest BCUT2D eigenvalue weighted by molar-refractivity contribution is 5.90. The van der Waals surface area contributed by atoms with E-state index >= 15 is 0 Å². The number of allylic oxidation sites excluding steroid dienone is 3. The molecule has 0 atom stereocenters. The van der Waals surface area contributed by atoms with Crippen LogP contribution >= 0.6 is 0 Å². The maximum Gasteiger partial charge on any atom is 0.334 e. The van der Waals surface area contributed by atoms with Crippen LogP contribution in [0.4, 0.5) is 0 Å². The minimum Gasteiger partial charge on any atom is -0.466 e. The normalized spacial score (nSPS) is 21.8. The smallest absolute Gasteiger partial charge is 0.334 e. The van der Waals surface area contributed by atoms with E-state index in [0.29, 0.717) is 11.1 Å². The molecule has 0 aliphatic heterocycles. The number of rotatable bonds is 1. The average molecular weight is 219 g/mol. The molecule has 1 aliphatic carbocycles. The van der Waals surface area contributed by atoms with E-state index in [-0.39, 0.29) is 11.4 Å². The molecule has 1 rings (SSSR count). The molecular formula is C13H17NO2. The molecule has 0 aromatic carbocycles. The lowest BCUT2D eigenvalue weighted by atomic mass is 9.73. The molecule has 0 aromatic heterocycles. The third-order valence-electron chi connectivity index (χ3n) is 3.12. The van der Waals surface area contributed by atoms with Crippen LogP contribution in [0.25, 0.3) is 0 Å². The fourth-order valence-corrected chi connectivity index (χ4v) is 1.84. The summed E-state index contributed by atoms with van der Waals surface area (Å²) in [5.41, 5.74) is 2.11. The van der Waals surface area contributed by atoms with E-state index in [9.17, 15) is 4.79 Å². The van der Waals surface area contributed by atoms with Crippen molar-refractivity contribution in [3.63, 3.8) is 0 Å². The number of carbonyl (C=O) groups is 1. The lowest BCUT2D eigenvalue weighted by molar-refractivity contribution is -0.137. The van der Waals surface area contributed by atoms with Crippen LogP contribution in [0.2, 0.25) is 0 Å².